The number of benzene rings is 1. The lowest BCUT2D eigenvalue weighted by Crippen LogP contribution is -2.27. The van der Waals surface area contributed by atoms with E-state index in [1.54, 1.807) is 38.4 Å². The van der Waals surface area contributed by atoms with Crippen LogP contribution in [0.2, 0.25) is 0 Å². The molecule has 1 aromatic carbocycles. The molecule has 0 radical (unpaired) electrons. The molecular weight excluding hydrogens is 270 g/mol. The van der Waals surface area contributed by atoms with Crippen molar-refractivity contribution < 1.29 is 4.79 Å². The summed E-state index contributed by atoms with van der Waals surface area (Å²) in [4.78, 5) is 12.8. The highest BCUT2D eigenvalue weighted by molar-refractivity contribution is 6.66. The summed E-state index contributed by atoms with van der Waals surface area (Å²) in [6.07, 6.45) is 0. The summed E-state index contributed by atoms with van der Waals surface area (Å²) in [6.45, 7) is 0. The molecule has 0 atom stereocenters. The molecule has 0 heterocycles. The molecular formula is C10H11Cl3N2O. The van der Waals surface area contributed by atoms with Crippen LogP contribution < -0.4 is 5.32 Å². The van der Waals surface area contributed by atoms with Crippen molar-refractivity contribution in [2.24, 2.45) is 0 Å². The molecule has 0 fully saturated rings. The Balaban J connectivity index is 2.88. The first kappa shape index (κ1) is 13.4. The molecule has 0 aliphatic rings. The molecule has 0 saturated carbocycles. The summed E-state index contributed by atoms with van der Waals surface area (Å²) in [5.74, 6) is 0. The molecule has 0 aromatic heterocycles. The zero-order chi connectivity index (χ0) is 12.3. The van der Waals surface area contributed by atoms with Gasteiger partial charge in [0.2, 0.25) is 3.79 Å². The maximum Gasteiger partial charge on any atom is 0.321 e. The van der Waals surface area contributed by atoms with Crippen LogP contribution in [0.5, 0.6) is 0 Å². The second-order valence-electron chi connectivity index (χ2n) is 3.40. The molecule has 6 heteroatoms. The van der Waals surface area contributed by atoms with E-state index < -0.39 is 3.79 Å². The van der Waals surface area contributed by atoms with Crippen molar-refractivity contribution in [3.8, 4) is 0 Å². The van der Waals surface area contributed by atoms with E-state index in [9.17, 15) is 4.79 Å². The number of alkyl halides is 3. The summed E-state index contributed by atoms with van der Waals surface area (Å²) < 4.78 is -1.49. The van der Waals surface area contributed by atoms with Crippen molar-refractivity contribution in [3.05, 3.63) is 29.8 Å². The lowest BCUT2D eigenvalue weighted by atomic mass is 10.2. The van der Waals surface area contributed by atoms with E-state index in [1.165, 1.54) is 4.90 Å². The monoisotopic (exact) mass is 280 g/mol. The molecule has 0 bridgehead atoms. The Morgan fingerprint density at radius 2 is 1.94 bits per heavy atom. The van der Waals surface area contributed by atoms with E-state index in [0.29, 0.717) is 11.3 Å². The van der Waals surface area contributed by atoms with E-state index in [0.717, 1.165) is 0 Å². The van der Waals surface area contributed by atoms with Crippen LogP contribution in [0.1, 0.15) is 5.56 Å². The van der Waals surface area contributed by atoms with Crippen LogP contribution in [-0.2, 0) is 3.79 Å². The van der Waals surface area contributed by atoms with Crippen molar-refractivity contribution >= 4 is 46.5 Å². The average Bonchev–Trinajstić information content (AvgIpc) is 2.16. The molecule has 0 aliphatic heterocycles. The maximum atomic E-state index is 11.4. The smallest absolute Gasteiger partial charge is 0.321 e. The van der Waals surface area contributed by atoms with E-state index in [4.69, 9.17) is 34.8 Å². The van der Waals surface area contributed by atoms with E-state index >= 15 is 0 Å². The van der Waals surface area contributed by atoms with Gasteiger partial charge >= 0.3 is 6.03 Å². The first-order valence-corrected chi connectivity index (χ1v) is 5.59. The van der Waals surface area contributed by atoms with Gasteiger partial charge in [-0.2, -0.15) is 0 Å². The van der Waals surface area contributed by atoms with Gasteiger partial charge in [0, 0.05) is 25.3 Å². The van der Waals surface area contributed by atoms with Gasteiger partial charge in [-0.3, -0.25) is 0 Å². The molecule has 0 saturated heterocycles. The highest BCUT2D eigenvalue weighted by atomic mass is 35.6. The number of nitrogens with one attached hydrogen (secondary N) is 1. The zero-order valence-corrected chi connectivity index (χ0v) is 11.1. The number of rotatable bonds is 1. The number of hydrogen-bond acceptors (Lipinski definition) is 1. The third kappa shape index (κ3) is 3.74. The number of amides is 2. The van der Waals surface area contributed by atoms with Crippen molar-refractivity contribution in [2.45, 2.75) is 3.79 Å². The van der Waals surface area contributed by atoms with Crippen molar-refractivity contribution in [1.29, 1.82) is 0 Å². The summed E-state index contributed by atoms with van der Waals surface area (Å²) in [6, 6.07) is 6.50. The van der Waals surface area contributed by atoms with E-state index in [-0.39, 0.29) is 6.03 Å². The Morgan fingerprint density at radius 1 is 1.31 bits per heavy atom. The largest absolute Gasteiger partial charge is 0.331 e. The molecule has 16 heavy (non-hydrogen) atoms. The fourth-order valence-electron chi connectivity index (χ4n) is 1.01. The Bertz CT molecular complexity index is 388. The maximum absolute atomic E-state index is 11.4. The predicted molar refractivity (Wildman–Crippen MR) is 68.4 cm³/mol. The van der Waals surface area contributed by atoms with Crippen LogP contribution in [0.25, 0.3) is 0 Å². The molecule has 3 nitrogen and oxygen atoms in total. The first-order chi connectivity index (χ1) is 7.30. The van der Waals surface area contributed by atoms with E-state index in [1.807, 2.05) is 0 Å². The van der Waals surface area contributed by atoms with Crippen molar-refractivity contribution in [3.63, 3.8) is 0 Å². The zero-order valence-electron chi connectivity index (χ0n) is 8.80. The first-order valence-electron chi connectivity index (χ1n) is 4.46. The standard InChI is InChI=1S/C10H11Cl3N2O/c1-15(2)9(16)14-8-5-3-4-7(6-8)10(11,12)13/h3-6H,1-2H3,(H,14,16). The molecule has 1 N–H and O–H groups in total. The van der Waals surface area contributed by atoms with Gasteiger partial charge < -0.3 is 10.2 Å². The summed E-state index contributed by atoms with van der Waals surface area (Å²) >= 11 is 17.2. The number of urea groups is 1. The van der Waals surface area contributed by atoms with Gasteiger partial charge in [-0.25, -0.2) is 4.79 Å². The van der Waals surface area contributed by atoms with Gasteiger partial charge in [0.15, 0.2) is 0 Å². The normalized spacial score (nSPS) is 11.1. The highest BCUT2D eigenvalue weighted by Crippen LogP contribution is 2.38. The number of hydrogen-bond donors (Lipinski definition) is 1. The molecule has 88 valence electrons. The van der Waals surface area contributed by atoms with Crippen LogP contribution >= 0.6 is 34.8 Å². The number of nitrogens with zero attached hydrogens (tertiary/aromatic N) is 1. The summed E-state index contributed by atoms with van der Waals surface area (Å²) in [5, 5.41) is 2.66. The number of anilines is 1. The van der Waals surface area contributed by atoms with Gasteiger partial charge in [0.1, 0.15) is 0 Å². The summed E-state index contributed by atoms with van der Waals surface area (Å²) in [5.41, 5.74) is 1.09. The number of carbonyl (C=O) groups is 1. The average molecular weight is 282 g/mol. The lowest BCUT2D eigenvalue weighted by Gasteiger charge is -2.15. The quantitative estimate of drug-likeness (QED) is 0.784. The van der Waals surface area contributed by atoms with Crippen LogP contribution in [0.4, 0.5) is 10.5 Å². The van der Waals surface area contributed by atoms with Crippen LogP contribution in [-0.4, -0.2) is 25.0 Å². The van der Waals surface area contributed by atoms with Gasteiger partial charge in [-0.1, -0.05) is 46.9 Å². The third-order valence-corrected chi connectivity index (χ3v) is 2.50. The topological polar surface area (TPSA) is 32.3 Å². The molecule has 2 amide bonds. The Hall–Kier alpha value is -0.640. The molecule has 0 aliphatic carbocycles. The second-order valence-corrected chi connectivity index (χ2v) is 5.68. The lowest BCUT2D eigenvalue weighted by molar-refractivity contribution is 0.230. The second kappa shape index (κ2) is 5.13. The molecule has 1 aromatic rings. The Labute approximate surface area is 109 Å². The fourth-order valence-corrected chi connectivity index (χ4v) is 1.36. The van der Waals surface area contributed by atoms with Gasteiger partial charge in [-0.15, -0.1) is 0 Å². The minimum absolute atomic E-state index is 0.235. The van der Waals surface area contributed by atoms with Gasteiger partial charge in [0.25, 0.3) is 0 Å². The summed E-state index contributed by atoms with van der Waals surface area (Å²) in [7, 11) is 3.29. The Kier molecular flexibility index (Phi) is 4.30. The highest BCUT2D eigenvalue weighted by Gasteiger charge is 2.22. The fraction of sp³-hybridized carbons (Fsp3) is 0.300. The molecule has 1 rings (SSSR count). The molecule has 0 unspecified atom stereocenters. The minimum atomic E-state index is -1.49. The van der Waals surface area contributed by atoms with Gasteiger partial charge in [0.05, 0.1) is 0 Å². The minimum Gasteiger partial charge on any atom is -0.331 e. The third-order valence-electron chi connectivity index (χ3n) is 1.85. The van der Waals surface area contributed by atoms with Crippen LogP contribution in [0, 0.1) is 0 Å². The SMILES string of the molecule is CN(C)C(=O)Nc1cccc(C(Cl)(Cl)Cl)c1. The Morgan fingerprint density at radius 3 is 2.44 bits per heavy atom. The predicted octanol–water partition coefficient (Wildman–Crippen LogP) is 3.61. The number of halogens is 3. The van der Waals surface area contributed by atoms with Crippen LogP contribution in [0.15, 0.2) is 24.3 Å². The van der Waals surface area contributed by atoms with Crippen molar-refractivity contribution in [2.75, 3.05) is 19.4 Å². The van der Waals surface area contributed by atoms with Crippen molar-refractivity contribution in [1.82, 2.24) is 4.90 Å². The number of carbonyl (C=O) groups excluding carboxylic acids is 1. The molecule has 0 spiro atoms. The van der Waals surface area contributed by atoms with Crippen LogP contribution in [0.3, 0.4) is 0 Å². The van der Waals surface area contributed by atoms with Gasteiger partial charge in [-0.05, 0) is 12.1 Å². The van der Waals surface area contributed by atoms with E-state index in [2.05, 4.69) is 5.32 Å².